The molecule has 1 aliphatic rings. The number of fused-ring (bicyclic) bond motifs is 2. The van der Waals surface area contributed by atoms with Crippen molar-refractivity contribution in [2.45, 2.75) is 25.7 Å². The highest BCUT2D eigenvalue weighted by atomic mass is 19.4. The SMILES string of the molecule is C=C(c1nc(C(F)(F)F)n2c1CN(C(=O)c1cc(Cc3n[nH]c(=O)c4ccccc34)ccc1F)CC2)N(C)C. The number of carbonyl (C=O) groups is 1. The molecule has 0 saturated heterocycles. The van der Waals surface area contributed by atoms with E-state index < -0.39 is 23.7 Å². The maximum Gasteiger partial charge on any atom is 0.449 e. The second-order valence-corrected chi connectivity index (χ2v) is 9.48. The predicted molar refractivity (Wildman–Crippen MR) is 136 cm³/mol. The van der Waals surface area contributed by atoms with Crippen LogP contribution in [-0.2, 0) is 25.7 Å². The van der Waals surface area contributed by atoms with Crippen LogP contribution in [0.15, 0.2) is 53.8 Å². The number of hydrogen-bond donors (Lipinski definition) is 1. The lowest BCUT2D eigenvalue weighted by Gasteiger charge is -2.30. The monoisotopic (exact) mass is 540 g/mol. The van der Waals surface area contributed by atoms with Gasteiger partial charge in [0.2, 0.25) is 5.82 Å². The zero-order valence-corrected chi connectivity index (χ0v) is 21.1. The molecule has 2 aromatic carbocycles. The molecule has 5 rings (SSSR count). The molecule has 1 aliphatic heterocycles. The van der Waals surface area contributed by atoms with Crippen molar-refractivity contribution in [3.63, 3.8) is 0 Å². The lowest BCUT2D eigenvalue weighted by Crippen LogP contribution is -2.39. The van der Waals surface area contributed by atoms with Crippen LogP contribution in [0.2, 0.25) is 0 Å². The number of nitrogens with one attached hydrogen (secondary N) is 1. The molecular weight excluding hydrogens is 516 g/mol. The van der Waals surface area contributed by atoms with Gasteiger partial charge in [-0.05, 0) is 23.8 Å². The number of amides is 1. The Hall–Kier alpha value is -4.48. The van der Waals surface area contributed by atoms with Crippen molar-refractivity contribution in [3.05, 3.63) is 99.2 Å². The van der Waals surface area contributed by atoms with E-state index in [1.165, 1.54) is 23.1 Å². The summed E-state index contributed by atoms with van der Waals surface area (Å²) in [5, 5.41) is 7.68. The van der Waals surface area contributed by atoms with Gasteiger partial charge in [0.25, 0.3) is 11.5 Å². The van der Waals surface area contributed by atoms with E-state index >= 15 is 0 Å². The standard InChI is InChI=1S/C27H24F4N6O2/c1-15(35(2)3)23-22-14-36(10-11-37(22)26(32-23)27(29,30)31)25(39)19-12-16(8-9-20(19)28)13-21-17-6-4-5-7-18(17)24(38)34-33-21/h4-9,12H,1,10-11,13-14H2,2-3H3,(H,34,38). The van der Waals surface area contributed by atoms with E-state index in [2.05, 4.69) is 21.8 Å². The quantitative estimate of drug-likeness (QED) is 0.386. The van der Waals surface area contributed by atoms with Gasteiger partial charge in [0.15, 0.2) is 0 Å². The van der Waals surface area contributed by atoms with Crippen LogP contribution in [0.4, 0.5) is 17.6 Å². The Bertz CT molecular complexity index is 1670. The summed E-state index contributed by atoms with van der Waals surface area (Å²) in [6.45, 7) is 3.43. The molecule has 1 amide bonds. The molecule has 0 radical (unpaired) electrons. The Labute approximate surface area is 220 Å². The van der Waals surface area contributed by atoms with Crippen molar-refractivity contribution in [1.82, 2.24) is 29.5 Å². The number of H-pyrrole nitrogens is 1. The zero-order chi connectivity index (χ0) is 28.1. The Balaban J connectivity index is 1.46. The first kappa shape index (κ1) is 26.1. The highest BCUT2D eigenvalue weighted by molar-refractivity contribution is 5.95. The molecule has 1 N–H and O–H groups in total. The van der Waals surface area contributed by atoms with Crippen LogP contribution in [-0.4, -0.2) is 56.1 Å². The Morgan fingerprint density at radius 2 is 1.85 bits per heavy atom. The van der Waals surface area contributed by atoms with Crippen LogP contribution < -0.4 is 5.56 Å². The lowest BCUT2D eigenvalue weighted by molar-refractivity contribution is -0.147. The highest BCUT2D eigenvalue weighted by Crippen LogP contribution is 2.35. The predicted octanol–water partition coefficient (Wildman–Crippen LogP) is 4.06. The first-order chi connectivity index (χ1) is 18.5. The van der Waals surface area contributed by atoms with Gasteiger partial charge in [0.1, 0.15) is 11.5 Å². The minimum atomic E-state index is -4.69. The fourth-order valence-corrected chi connectivity index (χ4v) is 4.72. The van der Waals surface area contributed by atoms with Crippen molar-refractivity contribution in [2.75, 3.05) is 20.6 Å². The van der Waals surface area contributed by atoms with Gasteiger partial charge in [0.05, 0.1) is 34.6 Å². The van der Waals surface area contributed by atoms with Gasteiger partial charge in [-0.3, -0.25) is 9.59 Å². The molecule has 0 saturated carbocycles. The molecule has 3 heterocycles. The number of aromatic amines is 1. The Morgan fingerprint density at radius 3 is 2.54 bits per heavy atom. The first-order valence-corrected chi connectivity index (χ1v) is 12.0. The van der Waals surface area contributed by atoms with E-state index in [0.29, 0.717) is 22.0 Å². The lowest BCUT2D eigenvalue weighted by atomic mass is 10.0. The molecule has 202 valence electrons. The van der Waals surface area contributed by atoms with Gasteiger partial charge in [0, 0.05) is 39.0 Å². The fourth-order valence-electron chi connectivity index (χ4n) is 4.72. The molecule has 0 aliphatic carbocycles. The molecule has 8 nitrogen and oxygen atoms in total. The van der Waals surface area contributed by atoms with Crippen LogP contribution in [0, 0.1) is 5.82 Å². The summed E-state index contributed by atoms with van der Waals surface area (Å²) in [5.41, 5.74) is 1.06. The number of benzene rings is 2. The fraction of sp³-hybridized carbons (Fsp3) is 0.259. The van der Waals surface area contributed by atoms with Crippen LogP contribution >= 0.6 is 0 Å². The minimum Gasteiger partial charge on any atom is -0.376 e. The summed E-state index contributed by atoms with van der Waals surface area (Å²) in [6.07, 6.45) is -4.47. The van der Waals surface area contributed by atoms with E-state index in [1.807, 2.05) is 0 Å². The van der Waals surface area contributed by atoms with E-state index in [1.54, 1.807) is 43.3 Å². The van der Waals surface area contributed by atoms with Gasteiger partial charge < -0.3 is 14.4 Å². The molecule has 0 unspecified atom stereocenters. The van der Waals surface area contributed by atoms with Gasteiger partial charge in [-0.1, -0.05) is 30.8 Å². The average molecular weight is 541 g/mol. The first-order valence-electron chi connectivity index (χ1n) is 12.0. The van der Waals surface area contributed by atoms with Crippen LogP contribution in [0.5, 0.6) is 0 Å². The minimum absolute atomic E-state index is 0.0371. The number of nitrogens with zero attached hydrogens (tertiary/aromatic N) is 5. The second-order valence-electron chi connectivity index (χ2n) is 9.48. The molecule has 12 heteroatoms. The zero-order valence-electron chi connectivity index (χ0n) is 21.1. The summed E-state index contributed by atoms with van der Waals surface area (Å²) in [7, 11) is 3.27. The number of hydrogen-bond acceptors (Lipinski definition) is 5. The van der Waals surface area contributed by atoms with Gasteiger partial charge in [-0.2, -0.15) is 18.3 Å². The number of alkyl halides is 3. The molecule has 4 aromatic rings. The number of carbonyl (C=O) groups excluding carboxylic acids is 1. The van der Waals surface area contributed by atoms with Gasteiger partial charge in [-0.25, -0.2) is 14.5 Å². The van der Waals surface area contributed by atoms with E-state index in [-0.39, 0.29) is 54.3 Å². The van der Waals surface area contributed by atoms with E-state index in [4.69, 9.17) is 0 Å². The molecule has 2 aromatic heterocycles. The molecule has 39 heavy (non-hydrogen) atoms. The molecule has 0 bridgehead atoms. The van der Waals surface area contributed by atoms with E-state index in [9.17, 15) is 27.2 Å². The Morgan fingerprint density at radius 1 is 1.13 bits per heavy atom. The largest absolute Gasteiger partial charge is 0.449 e. The summed E-state index contributed by atoms with van der Waals surface area (Å²) in [6, 6.07) is 11.0. The molecular formula is C27H24F4N6O2. The van der Waals surface area contributed by atoms with Crippen molar-refractivity contribution in [1.29, 1.82) is 0 Å². The van der Waals surface area contributed by atoms with Crippen molar-refractivity contribution in [3.8, 4) is 0 Å². The van der Waals surface area contributed by atoms with Gasteiger partial charge >= 0.3 is 6.18 Å². The summed E-state index contributed by atoms with van der Waals surface area (Å²) >= 11 is 0. The van der Waals surface area contributed by atoms with Crippen molar-refractivity contribution >= 4 is 22.4 Å². The number of rotatable bonds is 5. The van der Waals surface area contributed by atoms with Crippen LogP contribution in [0.3, 0.4) is 0 Å². The normalized spacial score (nSPS) is 13.4. The summed E-state index contributed by atoms with van der Waals surface area (Å²) < 4.78 is 57.0. The topological polar surface area (TPSA) is 87.1 Å². The van der Waals surface area contributed by atoms with Crippen molar-refractivity contribution in [2.24, 2.45) is 0 Å². The third-order valence-electron chi connectivity index (χ3n) is 6.77. The molecule has 0 fully saturated rings. The van der Waals surface area contributed by atoms with E-state index in [0.717, 1.165) is 4.57 Å². The second kappa shape index (κ2) is 9.68. The van der Waals surface area contributed by atoms with Crippen molar-refractivity contribution < 1.29 is 22.4 Å². The summed E-state index contributed by atoms with van der Waals surface area (Å²) in [5.74, 6) is -2.47. The van der Waals surface area contributed by atoms with Gasteiger partial charge in [-0.15, -0.1) is 0 Å². The molecule has 0 spiro atoms. The van der Waals surface area contributed by atoms with Crippen LogP contribution in [0.1, 0.15) is 38.8 Å². The Kier molecular flexibility index (Phi) is 6.49. The smallest absolute Gasteiger partial charge is 0.376 e. The highest BCUT2D eigenvalue weighted by Gasteiger charge is 2.41. The number of imidazole rings is 1. The third kappa shape index (κ3) is 4.77. The third-order valence-corrected chi connectivity index (χ3v) is 6.77. The molecule has 0 atom stereocenters. The average Bonchev–Trinajstić information content (AvgIpc) is 3.30. The number of aromatic nitrogens is 4. The maximum absolute atomic E-state index is 14.9. The number of halogens is 4. The summed E-state index contributed by atoms with van der Waals surface area (Å²) in [4.78, 5) is 32.2. The van der Waals surface area contributed by atoms with Crippen LogP contribution in [0.25, 0.3) is 16.5 Å². The maximum atomic E-state index is 14.9.